The number of nitrogens with zero attached hydrogens (tertiary/aromatic N) is 3. The fourth-order valence-corrected chi connectivity index (χ4v) is 2.43. The summed E-state index contributed by atoms with van der Waals surface area (Å²) in [7, 11) is 0. The summed E-state index contributed by atoms with van der Waals surface area (Å²) in [6.07, 6.45) is 3.91. The molecule has 0 aromatic carbocycles. The smallest absolute Gasteiger partial charge is 0.256 e. The van der Waals surface area contributed by atoms with Gasteiger partial charge in [0.2, 0.25) is 0 Å². The minimum atomic E-state index is -0.159. The molecular weight excluding hydrogens is 254 g/mol. The predicted octanol–water partition coefficient (Wildman–Crippen LogP) is 0.813. The fraction of sp³-hybridized carbons (Fsp3) is 0.500. The number of carbonyl (C=O) groups is 1. The third-order valence-corrected chi connectivity index (χ3v) is 3.75. The van der Waals surface area contributed by atoms with Gasteiger partial charge in [-0.05, 0) is 38.7 Å². The van der Waals surface area contributed by atoms with E-state index in [1.54, 1.807) is 10.7 Å². The van der Waals surface area contributed by atoms with Crippen LogP contribution in [0.25, 0.3) is 5.65 Å². The van der Waals surface area contributed by atoms with Gasteiger partial charge in [0.05, 0.1) is 6.20 Å². The zero-order valence-electron chi connectivity index (χ0n) is 11.8. The molecule has 3 N–H and O–H groups in total. The first-order chi connectivity index (χ1) is 9.56. The summed E-state index contributed by atoms with van der Waals surface area (Å²) < 4.78 is 1.68. The highest BCUT2D eigenvalue weighted by Crippen LogP contribution is 2.31. The first-order valence-electron chi connectivity index (χ1n) is 6.92. The normalized spacial score (nSPS) is 16.4. The zero-order chi connectivity index (χ0) is 14.3. The average molecular weight is 273 g/mol. The van der Waals surface area contributed by atoms with Crippen LogP contribution in [0, 0.1) is 19.8 Å². The van der Waals surface area contributed by atoms with E-state index in [1.165, 1.54) is 12.8 Å². The van der Waals surface area contributed by atoms with Crippen molar-refractivity contribution in [3.8, 4) is 0 Å². The largest absolute Gasteiger partial charge is 0.350 e. The maximum absolute atomic E-state index is 12.2. The van der Waals surface area contributed by atoms with Crippen molar-refractivity contribution in [2.75, 3.05) is 6.54 Å². The molecule has 1 atom stereocenters. The highest BCUT2D eigenvalue weighted by Gasteiger charge is 2.28. The lowest BCUT2D eigenvalue weighted by molar-refractivity contribution is 0.0951. The Morgan fingerprint density at radius 1 is 1.55 bits per heavy atom. The van der Waals surface area contributed by atoms with Crippen LogP contribution < -0.4 is 11.1 Å². The van der Waals surface area contributed by atoms with Gasteiger partial charge in [-0.3, -0.25) is 4.79 Å². The van der Waals surface area contributed by atoms with Gasteiger partial charge in [0.25, 0.3) is 5.91 Å². The van der Waals surface area contributed by atoms with Crippen LogP contribution in [0.2, 0.25) is 0 Å². The van der Waals surface area contributed by atoms with Gasteiger partial charge in [-0.15, -0.1) is 0 Å². The third-order valence-electron chi connectivity index (χ3n) is 3.75. The molecule has 0 aliphatic heterocycles. The second-order valence-corrected chi connectivity index (χ2v) is 5.54. The lowest BCUT2D eigenvalue weighted by Crippen LogP contribution is -2.38. The molecule has 0 radical (unpaired) electrons. The molecular formula is C14H19N5O. The van der Waals surface area contributed by atoms with E-state index in [-0.39, 0.29) is 11.9 Å². The minimum absolute atomic E-state index is 0.0530. The molecule has 0 saturated heterocycles. The molecule has 20 heavy (non-hydrogen) atoms. The molecule has 6 heteroatoms. The Bertz CT molecular complexity index is 659. The van der Waals surface area contributed by atoms with Gasteiger partial charge in [-0.25, -0.2) is 9.50 Å². The standard InChI is InChI=1S/C14H19N5O/c1-8-5-9(2)19-13(18-8)11(6-17-19)14(20)16-7-12(15)10-3-4-10/h5-6,10,12H,3-4,7,15H2,1-2H3,(H,16,20). The van der Waals surface area contributed by atoms with E-state index >= 15 is 0 Å². The van der Waals surface area contributed by atoms with Crippen LogP contribution >= 0.6 is 0 Å². The fourth-order valence-electron chi connectivity index (χ4n) is 2.43. The monoisotopic (exact) mass is 273 g/mol. The van der Waals surface area contributed by atoms with E-state index < -0.39 is 0 Å². The van der Waals surface area contributed by atoms with Crippen molar-refractivity contribution in [1.82, 2.24) is 19.9 Å². The number of nitrogens with one attached hydrogen (secondary N) is 1. The maximum Gasteiger partial charge on any atom is 0.256 e. The van der Waals surface area contributed by atoms with E-state index in [2.05, 4.69) is 15.4 Å². The number of rotatable bonds is 4. The van der Waals surface area contributed by atoms with Crippen LogP contribution in [0.4, 0.5) is 0 Å². The Balaban J connectivity index is 1.80. The molecule has 2 heterocycles. The molecule has 3 rings (SSSR count). The van der Waals surface area contributed by atoms with Crippen molar-refractivity contribution in [3.63, 3.8) is 0 Å². The van der Waals surface area contributed by atoms with Crippen molar-refractivity contribution in [2.45, 2.75) is 32.7 Å². The van der Waals surface area contributed by atoms with Crippen molar-refractivity contribution < 1.29 is 4.79 Å². The van der Waals surface area contributed by atoms with Crippen molar-refractivity contribution in [1.29, 1.82) is 0 Å². The molecule has 1 saturated carbocycles. The molecule has 2 aromatic rings. The first-order valence-corrected chi connectivity index (χ1v) is 6.92. The molecule has 1 unspecified atom stereocenters. The lowest BCUT2D eigenvalue weighted by atomic mass is 10.2. The number of aryl methyl sites for hydroxylation is 2. The third kappa shape index (κ3) is 2.38. The Hall–Kier alpha value is -1.95. The molecule has 0 bridgehead atoms. The molecule has 1 fully saturated rings. The van der Waals surface area contributed by atoms with Gasteiger partial charge in [-0.1, -0.05) is 0 Å². The highest BCUT2D eigenvalue weighted by atomic mass is 16.1. The van der Waals surface area contributed by atoms with Gasteiger partial charge in [-0.2, -0.15) is 5.10 Å². The Labute approximate surface area is 117 Å². The zero-order valence-corrected chi connectivity index (χ0v) is 11.8. The Morgan fingerprint density at radius 3 is 3.00 bits per heavy atom. The van der Waals surface area contributed by atoms with Crippen molar-refractivity contribution in [2.24, 2.45) is 11.7 Å². The summed E-state index contributed by atoms with van der Waals surface area (Å²) >= 11 is 0. The average Bonchev–Trinajstić information content (AvgIpc) is 3.16. The Morgan fingerprint density at radius 2 is 2.30 bits per heavy atom. The quantitative estimate of drug-likeness (QED) is 0.863. The van der Waals surface area contributed by atoms with Crippen LogP contribution in [-0.2, 0) is 0 Å². The van der Waals surface area contributed by atoms with E-state index in [1.807, 2.05) is 19.9 Å². The van der Waals surface area contributed by atoms with Crippen molar-refractivity contribution in [3.05, 3.63) is 29.2 Å². The number of hydrogen-bond acceptors (Lipinski definition) is 4. The van der Waals surface area contributed by atoms with Crippen molar-refractivity contribution >= 4 is 11.6 Å². The summed E-state index contributed by atoms with van der Waals surface area (Å²) in [6.45, 7) is 4.36. The van der Waals surface area contributed by atoms with Crippen LogP contribution in [0.5, 0.6) is 0 Å². The second kappa shape index (κ2) is 4.86. The van der Waals surface area contributed by atoms with Crippen LogP contribution in [-0.4, -0.2) is 33.1 Å². The van der Waals surface area contributed by atoms with Crippen LogP contribution in [0.3, 0.4) is 0 Å². The molecule has 2 aromatic heterocycles. The molecule has 0 spiro atoms. The Kier molecular flexibility index (Phi) is 3.17. The van der Waals surface area contributed by atoms with Gasteiger partial charge >= 0.3 is 0 Å². The number of aromatic nitrogens is 3. The topological polar surface area (TPSA) is 85.3 Å². The van der Waals surface area contributed by atoms with E-state index in [0.717, 1.165) is 11.4 Å². The molecule has 1 amide bonds. The SMILES string of the molecule is Cc1cc(C)n2ncc(C(=O)NCC(N)C3CC3)c2n1. The molecule has 106 valence electrons. The second-order valence-electron chi connectivity index (χ2n) is 5.54. The number of amides is 1. The summed E-state index contributed by atoms with van der Waals surface area (Å²) in [6, 6.07) is 1.99. The van der Waals surface area contributed by atoms with Gasteiger partial charge in [0.15, 0.2) is 5.65 Å². The van der Waals surface area contributed by atoms with Gasteiger partial charge < -0.3 is 11.1 Å². The van der Waals surface area contributed by atoms with E-state index in [0.29, 0.717) is 23.7 Å². The summed E-state index contributed by atoms with van der Waals surface area (Å²) in [5.41, 5.74) is 8.92. The number of carbonyl (C=O) groups excluding carboxylic acids is 1. The predicted molar refractivity (Wildman–Crippen MR) is 75.5 cm³/mol. The molecule has 1 aliphatic carbocycles. The summed E-state index contributed by atoms with van der Waals surface area (Å²) in [5.74, 6) is 0.412. The number of nitrogens with two attached hydrogens (primary N) is 1. The summed E-state index contributed by atoms with van der Waals surface area (Å²) in [4.78, 5) is 16.6. The summed E-state index contributed by atoms with van der Waals surface area (Å²) in [5, 5.41) is 7.10. The first kappa shape index (κ1) is 13.1. The lowest BCUT2D eigenvalue weighted by Gasteiger charge is -2.11. The molecule has 6 nitrogen and oxygen atoms in total. The number of hydrogen-bond donors (Lipinski definition) is 2. The van der Waals surface area contributed by atoms with E-state index in [9.17, 15) is 4.79 Å². The van der Waals surface area contributed by atoms with E-state index in [4.69, 9.17) is 5.73 Å². The maximum atomic E-state index is 12.2. The van der Waals surface area contributed by atoms with Crippen LogP contribution in [0.1, 0.15) is 34.6 Å². The van der Waals surface area contributed by atoms with Gasteiger partial charge in [0.1, 0.15) is 5.56 Å². The van der Waals surface area contributed by atoms with Crippen LogP contribution in [0.15, 0.2) is 12.3 Å². The molecule has 1 aliphatic rings. The minimum Gasteiger partial charge on any atom is -0.350 e. The highest BCUT2D eigenvalue weighted by molar-refractivity contribution is 5.99. The van der Waals surface area contributed by atoms with Gasteiger partial charge in [0, 0.05) is 24.0 Å². The number of fused-ring (bicyclic) bond motifs is 1.